The summed E-state index contributed by atoms with van der Waals surface area (Å²) in [6, 6.07) is 14.9. The number of aliphatic hydroxyl groups excluding tert-OH is 2. The van der Waals surface area contributed by atoms with Gasteiger partial charge in [0.2, 0.25) is 0 Å². The van der Waals surface area contributed by atoms with Crippen LogP contribution in [0.5, 0.6) is 0 Å². The van der Waals surface area contributed by atoms with E-state index in [2.05, 4.69) is 15.3 Å². The molecule has 0 amide bonds. The summed E-state index contributed by atoms with van der Waals surface area (Å²) in [4.78, 5) is 8.66. The van der Waals surface area contributed by atoms with Crippen molar-refractivity contribution in [1.29, 1.82) is 0 Å². The van der Waals surface area contributed by atoms with Crippen LogP contribution < -0.4 is 5.32 Å². The first-order chi connectivity index (χ1) is 11.7. The van der Waals surface area contributed by atoms with Gasteiger partial charge in [0.05, 0.1) is 18.2 Å². The maximum Gasteiger partial charge on any atom is 0.156 e. The Labute approximate surface area is 145 Å². The van der Waals surface area contributed by atoms with Gasteiger partial charge in [-0.2, -0.15) is 0 Å². The molecule has 1 atom stereocenters. The zero-order valence-electron chi connectivity index (χ0n) is 13.0. The van der Waals surface area contributed by atoms with Crippen LogP contribution in [-0.2, 0) is 13.0 Å². The predicted molar refractivity (Wildman–Crippen MR) is 95.1 cm³/mol. The molecule has 0 bridgehead atoms. The molecule has 1 heterocycles. The number of anilines is 1. The smallest absolute Gasteiger partial charge is 0.156 e. The van der Waals surface area contributed by atoms with Crippen molar-refractivity contribution in [3.63, 3.8) is 0 Å². The summed E-state index contributed by atoms with van der Waals surface area (Å²) in [5.74, 6) is 0.956. The van der Waals surface area contributed by atoms with E-state index in [4.69, 9.17) is 11.6 Å². The van der Waals surface area contributed by atoms with Gasteiger partial charge in [-0.25, -0.2) is 9.97 Å². The number of nitrogens with one attached hydrogen (secondary N) is 1. The van der Waals surface area contributed by atoms with Crippen LogP contribution in [0.1, 0.15) is 11.4 Å². The molecule has 0 spiro atoms. The molecule has 0 fully saturated rings. The van der Waals surface area contributed by atoms with Crippen LogP contribution in [-0.4, -0.2) is 32.8 Å². The molecule has 1 aromatic heterocycles. The van der Waals surface area contributed by atoms with Crippen LogP contribution >= 0.6 is 11.6 Å². The SMILES string of the molecule is OCc1nc(N[C@H](CO)Cc2ccc(Cl)cc2)c2ccccc2n1. The van der Waals surface area contributed by atoms with Gasteiger partial charge >= 0.3 is 0 Å². The fraction of sp³-hybridized carbons (Fsp3) is 0.222. The van der Waals surface area contributed by atoms with Crippen molar-refractivity contribution < 1.29 is 10.2 Å². The Morgan fingerprint density at radius 2 is 1.75 bits per heavy atom. The monoisotopic (exact) mass is 343 g/mol. The first-order valence-corrected chi connectivity index (χ1v) is 8.05. The molecule has 0 aliphatic rings. The highest BCUT2D eigenvalue weighted by atomic mass is 35.5. The summed E-state index contributed by atoms with van der Waals surface area (Å²) in [7, 11) is 0. The van der Waals surface area contributed by atoms with E-state index in [1.807, 2.05) is 48.5 Å². The van der Waals surface area contributed by atoms with Gasteiger partial charge in [0.25, 0.3) is 0 Å². The number of fused-ring (bicyclic) bond motifs is 1. The number of aliphatic hydroxyl groups is 2. The van der Waals surface area contributed by atoms with Crippen molar-refractivity contribution in [3.05, 3.63) is 64.9 Å². The summed E-state index contributed by atoms with van der Waals surface area (Å²) in [5, 5.41) is 23.9. The van der Waals surface area contributed by atoms with Crippen LogP contribution in [0, 0.1) is 0 Å². The van der Waals surface area contributed by atoms with Crippen molar-refractivity contribution in [1.82, 2.24) is 9.97 Å². The third kappa shape index (κ3) is 3.82. The molecule has 3 N–H and O–H groups in total. The standard InChI is InChI=1S/C18H18ClN3O2/c19-13-7-5-12(6-8-13)9-14(10-23)20-18-15-3-1-2-4-16(15)21-17(11-24)22-18/h1-8,14,23-24H,9-11H2,(H,20,21,22)/t14-/m0/s1. The summed E-state index contributed by atoms with van der Waals surface area (Å²) >= 11 is 5.90. The zero-order valence-corrected chi connectivity index (χ0v) is 13.7. The molecule has 124 valence electrons. The van der Waals surface area contributed by atoms with Gasteiger partial charge in [-0.3, -0.25) is 0 Å². The molecule has 5 nitrogen and oxygen atoms in total. The van der Waals surface area contributed by atoms with Gasteiger partial charge in [0.15, 0.2) is 5.82 Å². The van der Waals surface area contributed by atoms with Crippen LogP contribution in [0.25, 0.3) is 10.9 Å². The number of hydrogen-bond acceptors (Lipinski definition) is 5. The molecule has 0 saturated heterocycles. The van der Waals surface area contributed by atoms with E-state index in [9.17, 15) is 10.2 Å². The third-order valence-corrected chi connectivity index (χ3v) is 4.00. The lowest BCUT2D eigenvalue weighted by atomic mass is 10.1. The van der Waals surface area contributed by atoms with Crippen molar-refractivity contribution in [2.24, 2.45) is 0 Å². The second kappa shape index (κ2) is 7.57. The van der Waals surface area contributed by atoms with Crippen LogP contribution in [0.2, 0.25) is 5.02 Å². The largest absolute Gasteiger partial charge is 0.394 e. The highest BCUT2D eigenvalue weighted by Gasteiger charge is 2.13. The van der Waals surface area contributed by atoms with Crippen molar-refractivity contribution in [2.75, 3.05) is 11.9 Å². The van der Waals surface area contributed by atoms with Gasteiger partial charge < -0.3 is 15.5 Å². The van der Waals surface area contributed by atoms with E-state index < -0.39 is 0 Å². The zero-order chi connectivity index (χ0) is 16.9. The molecule has 0 saturated carbocycles. The molecule has 6 heteroatoms. The maximum atomic E-state index is 9.72. The van der Waals surface area contributed by atoms with Crippen molar-refractivity contribution in [2.45, 2.75) is 19.1 Å². The number of halogens is 1. The first-order valence-electron chi connectivity index (χ1n) is 7.68. The molecule has 0 unspecified atom stereocenters. The lowest BCUT2D eigenvalue weighted by Gasteiger charge is -2.18. The molecule has 2 aromatic carbocycles. The Hall–Kier alpha value is -2.21. The highest BCUT2D eigenvalue weighted by molar-refractivity contribution is 6.30. The van der Waals surface area contributed by atoms with E-state index in [1.54, 1.807) is 0 Å². The number of benzene rings is 2. The van der Waals surface area contributed by atoms with E-state index in [-0.39, 0.29) is 19.3 Å². The van der Waals surface area contributed by atoms with E-state index >= 15 is 0 Å². The van der Waals surface area contributed by atoms with E-state index in [1.165, 1.54) is 0 Å². The number of nitrogens with zero attached hydrogens (tertiary/aromatic N) is 2. The fourth-order valence-electron chi connectivity index (χ4n) is 2.57. The van der Waals surface area contributed by atoms with Gasteiger partial charge in [-0.05, 0) is 36.2 Å². The van der Waals surface area contributed by atoms with Gasteiger partial charge in [0.1, 0.15) is 12.4 Å². The number of hydrogen-bond donors (Lipinski definition) is 3. The van der Waals surface area contributed by atoms with Crippen LogP contribution in [0.3, 0.4) is 0 Å². The third-order valence-electron chi connectivity index (χ3n) is 3.75. The van der Waals surface area contributed by atoms with E-state index in [0.717, 1.165) is 16.5 Å². The summed E-state index contributed by atoms with van der Waals surface area (Å²) < 4.78 is 0. The highest BCUT2D eigenvalue weighted by Crippen LogP contribution is 2.21. The molecule has 0 aliphatic carbocycles. The Morgan fingerprint density at radius 1 is 1.00 bits per heavy atom. The van der Waals surface area contributed by atoms with Crippen molar-refractivity contribution in [3.8, 4) is 0 Å². The lowest BCUT2D eigenvalue weighted by Crippen LogP contribution is -2.27. The number of para-hydroxylation sites is 1. The summed E-state index contributed by atoms with van der Waals surface area (Å²) in [6.45, 7) is -0.282. The van der Waals surface area contributed by atoms with Gasteiger partial charge in [-0.1, -0.05) is 35.9 Å². The second-order valence-corrected chi connectivity index (χ2v) is 5.95. The predicted octanol–water partition coefficient (Wildman–Crippen LogP) is 2.79. The molecular weight excluding hydrogens is 326 g/mol. The minimum Gasteiger partial charge on any atom is -0.394 e. The molecule has 3 aromatic rings. The normalized spacial score (nSPS) is 12.3. The lowest BCUT2D eigenvalue weighted by molar-refractivity contribution is 0.270. The Kier molecular flexibility index (Phi) is 5.25. The Bertz CT molecular complexity index is 824. The molecule has 0 aliphatic heterocycles. The number of rotatable bonds is 6. The molecule has 0 radical (unpaired) electrons. The first kappa shape index (κ1) is 16.6. The number of aromatic nitrogens is 2. The average molecular weight is 344 g/mol. The Balaban J connectivity index is 1.87. The maximum absolute atomic E-state index is 9.72. The van der Waals surface area contributed by atoms with Crippen LogP contribution in [0.15, 0.2) is 48.5 Å². The molecular formula is C18H18ClN3O2. The topological polar surface area (TPSA) is 78.3 Å². The van der Waals surface area contributed by atoms with Crippen LogP contribution in [0.4, 0.5) is 5.82 Å². The second-order valence-electron chi connectivity index (χ2n) is 5.52. The quantitative estimate of drug-likeness (QED) is 0.641. The summed E-state index contributed by atoms with van der Waals surface area (Å²) in [6.07, 6.45) is 0.625. The minimum atomic E-state index is -0.236. The Morgan fingerprint density at radius 3 is 2.46 bits per heavy atom. The van der Waals surface area contributed by atoms with Crippen molar-refractivity contribution >= 4 is 28.3 Å². The van der Waals surface area contributed by atoms with Gasteiger partial charge in [0, 0.05) is 10.4 Å². The minimum absolute atomic E-state index is 0.0462. The van der Waals surface area contributed by atoms with E-state index in [0.29, 0.717) is 23.1 Å². The molecule has 24 heavy (non-hydrogen) atoms. The average Bonchev–Trinajstić information content (AvgIpc) is 2.62. The molecule has 3 rings (SSSR count). The fourth-order valence-corrected chi connectivity index (χ4v) is 2.69. The summed E-state index contributed by atoms with van der Waals surface area (Å²) in [5.41, 5.74) is 1.81. The van der Waals surface area contributed by atoms with Gasteiger partial charge in [-0.15, -0.1) is 0 Å².